The van der Waals surface area contributed by atoms with Crippen LogP contribution in [0.15, 0.2) is 36.4 Å². The summed E-state index contributed by atoms with van der Waals surface area (Å²) in [6.45, 7) is 5.67. The monoisotopic (exact) mass is 291 g/mol. The number of carbonyl (C=O) groups is 1. The Kier molecular flexibility index (Phi) is 4.45. The molecule has 1 unspecified atom stereocenters. The first kappa shape index (κ1) is 14.6. The average molecular weight is 292 g/mol. The molecule has 20 heavy (non-hydrogen) atoms. The van der Waals surface area contributed by atoms with Crippen LogP contribution in [0.3, 0.4) is 0 Å². The summed E-state index contributed by atoms with van der Waals surface area (Å²) in [5.74, 6) is 0.435. The van der Waals surface area contributed by atoms with Crippen LogP contribution in [0.5, 0.6) is 0 Å². The lowest BCUT2D eigenvalue weighted by Gasteiger charge is -2.12. The van der Waals surface area contributed by atoms with Gasteiger partial charge in [0.25, 0.3) is 0 Å². The number of hydrogen-bond donors (Lipinski definition) is 1. The lowest BCUT2D eigenvalue weighted by molar-refractivity contribution is -0.115. The highest BCUT2D eigenvalue weighted by Crippen LogP contribution is 2.24. The van der Waals surface area contributed by atoms with E-state index in [1.807, 2.05) is 50.2 Å². The van der Waals surface area contributed by atoms with Crippen LogP contribution in [0, 0.1) is 0 Å². The minimum absolute atomic E-state index is 0.147. The zero-order valence-electron chi connectivity index (χ0n) is 11.8. The zero-order chi connectivity index (χ0) is 14.7. The van der Waals surface area contributed by atoms with Crippen molar-refractivity contribution in [1.82, 2.24) is 9.78 Å². The third-order valence-electron chi connectivity index (χ3n) is 2.91. The molecule has 1 aromatic heterocycles. The Hall–Kier alpha value is -1.81. The van der Waals surface area contributed by atoms with Crippen LogP contribution in [0.25, 0.3) is 11.3 Å². The molecule has 2 aromatic rings. The first-order valence-corrected chi connectivity index (χ1v) is 7.02. The molecule has 0 saturated heterocycles. The van der Waals surface area contributed by atoms with Gasteiger partial charge in [-0.15, -0.1) is 11.6 Å². The molecule has 0 spiro atoms. The lowest BCUT2D eigenvalue weighted by atomic mass is 10.1. The summed E-state index contributed by atoms with van der Waals surface area (Å²) >= 11 is 5.79. The molecule has 1 aromatic carbocycles. The Balaban J connectivity index is 2.36. The zero-order valence-corrected chi connectivity index (χ0v) is 12.6. The molecule has 1 atom stereocenters. The number of rotatable bonds is 4. The lowest BCUT2D eigenvalue weighted by Crippen LogP contribution is -2.22. The largest absolute Gasteiger partial charge is 0.310 e. The molecule has 0 bridgehead atoms. The van der Waals surface area contributed by atoms with E-state index in [0.717, 1.165) is 11.3 Å². The molecule has 1 N–H and O–H groups in total. The van der Waals surface area contributed by atoms with Crippen LogP contribution in [0.2, 0.25) is 0 Å². The van der Waals surface area contributed by atoms with Crippen molar-refractivity contribution in [2.45, 2.75) is 32.2 Å². The Morgan fingerprint density at radius 2 is 1.90 bits per heavy atom. The molecule has 106 valence electrons. The maximum atomic E-state index is 11.7. The van der Waals surface area contributed by atoms with Gasteiger partial charge in [0.05, 0.1) is 5.69 Å². The number of anilines is 1. The van der Waals surface area contributed by atoms with Gasteiger partial charge in [0.15, 0.2) is 0 Å². The van der Waals surface area contributed by atoms with Crippen LogP contribution in [-0.2, 0) is 4.79 Å². The summed E-state index contributed by atoms with van der Waals surface area (Å²) < 4.78 is 1.79. The van der Waals surface area contributed by atoms with Crippen molar-refractivity contribution in [2.24, 2.45) is 0 Å². The van der Waals surface area contributed by atoms with E-state index >= 15 is 0 Å². The summed E-state index contributed by atoms with van der Waals surface area (Å²) in [6, 6.07) is 11.9. The molecule has 0 aliphatic rings. The van der Waals surface area contributed by atoms with Crippen LogP contribution < -0.4 is 5.32 Å². The van der Waals surface area contributed by atoms with Crippen molar-refractivity contribution in [1.29, 1.82) is 0 Å². The van der Waals surface area contributed by atoms with E-state index in [-0.39, 0.29) is 11.9 Å². The Morgan fingerprint density at radius 1 is 1.25 bits per heavy atom. The SMILES string of the molecule is CC(Cl)C(=O)Nc1cc(-c2ccccc2)nn1C(C)C. The average Bonchev–Trinajstić information content (AvgIpc) is 2.83. The van der Waals surface area contributed by atoms with Gasteiger partial charge in [0, 0.05) is 17.7 Å². The quantitative estimate of drug-likeness (QED) is 0.873. The molecule has 4 nitrogen and oxygen atoms in total. The van der Waals surface area contributed by atoms with E-state index < -0.39 is 5.38 Å². The number of nitrogens with one attached hydrogen (secondary N) is 1. The molecule has 5 heteroatoms. The fourth-order valence-corrected chi connectivity index (χ4v) is 1.91. The Labute approximate surface area is 123 Å². The Bertz CT molecular complexity index is 590. The van der Waals surface area contributed by atoms with Crippen molar-refractivity contribution in [2.75, 3.05) is 5.32 Å². The van der Waals surface area contributed by atoms with Crippen molar-refractivity contribution in [3.63, 3.8) is 0 Å². The molecule has 0 saturated carbocycles. The normalized spacial score (nSPS) is 12.4. The third-order valence-corrected chi connectivity index (χ3v) is 3.11. The molecule has 0 aliphatic heterocycles. The topological polar surface area (TPSA) is 46.9 Å². The molecule has 2 rings (SSSR count). The van der Waals surface area contributed by atoms with Crippen LogP contribution in [-0.4, -0.2) is 21.1 Å². The predicted octanol–water partition coefficient (Wildman–Crippen LogP) is 3.70. The second-order valence-electron chi connectivity index (χ2n) is 4.92. The van der Waals surface area contributed by atoms with Gasteiger partial charge >= 0.3 is 0 Å². The third kappa shape index (κ3) is 3.20. The molecular weight excluding hydrogens is 274 g/mol. The van der Waals surface area contributed by atoms with E-state index in [1.54, 1.807) is 11.6 Å². The van der Waals surface area contributed by atoms with Crippen LogP contribution >= 0.6 is 11.6 Å². The number of hydrogen-bond acceptors (Lipinski definition) is 2. The highest BCUT2D eigenvalue weighted by molar-refractivity contribution is 6.32. The van der Waals surface area contributed by atoms with Crippen molar-refractivity contribution in [3.8, 4) is 11.3 Å². The number of aromatic nitrogens is 2. The second-order valence-corrected chi connectivity index (χ2v) is 5.58. The number of alkyl halides is 1. The Morgan fingerprint density at radius 3 is 2.45 bits per heavy atom. The van der Waals surface area contributed by atoms with Gasteiger partial charge in [-0.2, -0.15) is 5.10 Å². The minimum Gasteiger partial charge on any atom is -0.310 e. The maximum Gasteiger partial charge on any atom is 0.243 e. The summed E-state index contributed by atoms with van der Waals surface area (Å²) in [4.78, 5) is 11.7. The highest BCUT2D eigenvalue weighted by Gasteiger charge is 2.16. The standard InChI is InChI=1S/C15H18ClN3O/c1-10(2)19-14(17-15(20)11(3)16)9-13(18-19)12-7-5-4-6-8-12/h4-11H,1-3H3,(H,17,20). The molecule has 0 aliphatic carbocycles. The van der Waals surface area contributed by atoms with Crippen LogP contribution in [0.1, 0.15) is 26.8 Å². The fourth-order valence-electron chi connectivity index (χ4n) is 1.86. The van der Waals surface area contributed by atoms with E-state index in [4.69, 9.17) is 11.6 Å². The summed E-state index contributed by atoms with van der Waals surface area (Å²) in [5, 5.41) is 6.78. The van der Waals surface area contributed by atoms with Gasteiger partial charge < -0.3 is 5.32 Å². The van der Waals surface area contributed by atoms with E-state index in [0.29, 0.717) is 5.82 Å². The number of amides is 1. The summed E-state index contributed by atoms with van der Waals surface area (Å²) in [5.41, 5.74) is 1.85. The molecule has 0 radical (unpaired) electrons. The molecule has 0 fully saturated rings. The second kappa shape index (κ2) is 6.09. The van der Waals surface area contributed by atoms with Gasteiger partial charge in [0.1, 0.15) is 11.2 Å². The fraction of sp³-hybridized carbons (Fsp3) is 0.333. The predicted molar refractivity (Wildman–Crippen MR) is 82.0 cm³/mol. The molecular formula is C15H18ClN3O. The number of nitrogens with zero attached hydrogens (tertiary/aromatic N) is 2. The number of benzene rings is 1. The first-order valence-electron chi connectivity index (χ1n) is 6.59. The van der Waals surface area contributed by atoms with Crippen LogP contribution in [0.4, 0.5) is 5.82 Å². The van der Waals surface area contributed by atoms with Crippen molar-refractivity contribution >= 4 is 23.3 Å². The minimum atomic E-state index is -0.578. The van der Waals surface area contributed by atoms with E-state index in [2.05, 4.69) is 10.4 Å². The highest BCUT2D eigenvalue weighted by atomic mass is 35.5. The summed E-state index contributed by atoms with van der Waals surface area (Å²) in [6.07, 6.45) is 0. The summed E-state index contributed by atoms with van der Waals surface area (Å²) in [7, 11) is 0. The number of carbonyl (C=O) groups excluding carboxylic acids is 1. The van der Waals surface area contributed by atoms with Gasteiger partial charge in [-0.3, -0.25) is 4.79 Å². The van der Waals surface area contributed by atoms with Gasteiger partial charge in [-0.1, -0.05) is 30.3 Å². The van der Waals surface area contributed by atoms with Gasteiger partial charge in [-0.05, 0) is 20.8 Å². The first-order chi connectivity index (χ1) is 9.49. The molecule has 1 heterocycles. The maximum absolute atomic E-state index is 11.7. The molecule has 1 amide bonds. The van der Waals surface area contributed by atoms with Crippen molar-refractivity contribution in [3.05, 3.63) is 36.4 Å². The van der Waals surface area contributed by atoms with Gasteiger partial charge in [0.2, 0.25) is 5.91 Å². The number of halogens is 1. The van der Waals surface area contributed by atoms with E-state index in [9.17, 15) is 4.79 Å². The van der Waals surface area contributed by atoms with Crippen molar-refractivity contribution < 1.29 is 4.79 Å². The van der Waals surface area contributed by atoms with E-state index in [1.165, 1.54) is 0 Å². The smallest absolute Gasteiger partial charge is 0.243 e. The van der Waals surface area contributed by atoms with Gasteiger partial charge in [-0.25, -0.2) is 4.68 Å².